The zero-order valence-corrected chi connectivity index (χ0v) is 9.43. The van der Waals surface area contributed by atoms with Gasteiger partial charge in [-0.2, -0.15) is 0 Å². The van der Waals surface area contributed by atoms with Gasteiger partial charge in [0.15, 0.2) is 0 Å². The number of hydrogen-bond donors (Lipinski definition) is 0. The van der Waals surface area contributed by atoms with Crippen LogP contribution in [0.1, 0.15) is 27.7 Å². The Bertz CT molecular complexity index is 191. The van der Waals surface area contributed by atoms with Crippen molar-refractivity contribution in [1.82, 2.24) is 9.80 Å². The van der Waals surface area contributed by atoms with Gasteiger partial charge in [0.05, 0.1) is 0 Å². The van der Waals surface area contributed by atoms with Gasteiger partial charge in [-0.3, -0.25) is 4.90 Å². The Hall–Kier alpha value is -0.500. The van der Waals surface area contributed by atoms with Crippen LogP contribution >= 0.6 is 0 Å². The second kappa shape index (κ2) is 3.70. The highest BCUT2D eigenvalue weighted by atomic mass is 15.3. The molecule has 0 N–H and O–H groups in total. The largest absolute Gasteiger partial charge is 0.373 e. The van der Waals surface area contributed by atoms with Gasteiger partial charge in [0, 0.05) is 37.4 Å². The maximum atomic E-state index is 4.11. The molecule has 0 saturated carbocycles. The third-order valence-corrected chi connectivity index (χ3v) is 2.79. The lowest BCUT2D eigenvalue weighted by molar-refractivity contribution is 0.0938. The lowest BCUT2D eigenvalue weighted by atomic mass is 10.0. The van der Waals surface area contributed by atoms with E-state index in [2.05, 4.69) is 44.1 Å². The van der Waals surface area contributed by atoms with Crippen molar-refractivity contribution in [3.63, 3.8) is 0 Å². The zero-order valence-electron chi connectivity index (χ0n) is 9.43. The van der Waals surface area contributed by atoms with E-state index in [-0.39, 0.29) is 5.54 Å². The van der Waals surface area contributed by atoms with E-state index in [1.54, 1.807) is 0 Å². The quantitative estimate of drug-likeness (QED) is 0.611. The summed E-state index contributed by atoms with van der Waals surface area (Å²) in [5.41, 5.74) is 1.55. The van der Waals surface area contributed by atoms with Crippen molar-refractivity contribution in [2.45, 2.75) is 33.2 Å². The van der Waals surface area contributed by atoms with Gasteiger partial charge < -0.3 is 4.90 Å². The van der Waals surface area contributed by atoms with Crippen LogP contribution in [0.4, 0.5) is 0 Å². The third kappa shape index (κ3) is 2.47. The van der Waals surface area contributed by atoms with Crippen molar-refractivity contribution in [2.24, 2.45) is 0 Å². The Kier molecular flexibility index (Phi) is 3.01. The lowest BCUT2D eigenvalue weighted by Crippen LogP contribution is -2.51. The van der Waals surface area contributed by atoms with Crippen LogP contribution < -0.4 is 0 Å². The highest BCUT2D eigenvalue weighted by Crippen LogP contribution is 2.19. The van der Waals surface area contributed by atoms with E-state index in [0.717, 1.165) is 26.2 Å². The predicted octanol–water partition coefficient (Wildman–Crippen LogP) is 1.94. The first-order valence-electron chi connectivity index (χ1n) is 5.13. The van der Waals surface area contributed by atoms with Crippen LogP contribution in [0.5, 0.6) is 0 Å². The van der Waals surface area contributed by atoms with Crippen molar-refractivity contribution in [2.75, 3.05) is 26.2 Å². The number of nitrogens with zero attached hydrogens (tertiary/aromatic N) is 2. The van der Waals surface area contributed by atoms with Crippen molar-refractivity contribution < 1.29 is 0 Å². The van der Waals surface area contributed by atoms with Crippen molar-refractivity contribution in [1.29, 1.82) is 0 Å². The molecule has 0 amide bonds. The SMILES string of the molecule is C=C1CN(C(C)(C)C)CCN1CC. The first kappa shape index (κ1) is 10.6. The molecule has 0 aliphatic carbocycles. The van der Waals surface area contributed by atoms with Gasteiger partial charge >= 0.3 is 0 Å². The van der Waals surface area contributed by atoms with E-state index >= 15 is 0 Å². The minimum absolute atomic E-state index is 0.281. The van der Waals surface area contributed by atoms with Gasteiger partial charge in [-0.25, -0.2) is 0 Å². The van der Waals surface area contributed by atoms with E-state index < -0.39 is 0 Å². The van der Waals surface area contributed by atoms with Crippen molar-refractivity contribution in [3.8, 4) is 0 Å². The van der Waals surface area contributed by atoms with Gasteiger partial charge in [0.2, 0.25) is 0 Å². The van der Waals surface area contributed by atoms with E-state index in [9.17, 15) is 0 Å². The van der Waals surface area contributed by atoms with Gasteiger partial charge in [0.25, 0.3) is 0 Å². The average Bonchev–Trinajstić information content (AvgIpc) is 2.02. The molecular weight excluding hydrogens is 160 g/mol. The molecule has 13 heavy (non-hydrogen) atoms. The molecule has 2 nitrogen and oxygen atoms in total. The maximum absolute atomic E-state index is 4.11. The third-order valence-electron chi connectivity index (χ3n) is 2.79. The van der Waals surface area contributed by atoms with Crippen molar-refractivity contribution in [3.05, 3.63) is 12.3 Å². The second-order valence-electron chi connectivity index (χ2n) is 4.74. The molecule has 0 bridgehead atoms. The number of likely N-dealkylation sites (N-methyl/N-ethyl adjacent to an activating group) is 1. The second-order valence-corrected chi connectivity index (χ2v) is 4.74. The molecule has 0 spiro atoms. The Labute approximate surface area is 82.2 Å². The molecule has 0 aromatic carbocycles. The van der Waals surface area contributed by atoms with Crippen LogP contribution in [-0.4, -0.2) is 41.5 Å². The topological polar surface area (TPSA) is 6.48 Å². The van der Waals surface area contributed by atoms with Crippen LogP contribution in [0, 0.1) is 0 Å². The monoisotopic (exact) mass is 182 g/mol. The van der Waals surface area contributed by atoms with Gasteiger partial charge in [-0.15, -0.1) is 0 Å². The molecule has 0 radical (unpaired) electrons. The van der Waals surface area contributed by atoms with Crippen molar-refractivity contribution >= 4 is 0 Å². The molecule has 0 aromatic rings. The van der Waals surface area contributed by atoms with Gasteiger partial charge in [-0.05, 0) is 27.7 Å². The molecule has 1 aliphatic rings. The van der Waals surface area contributed by atoms with Crippen LogP contribution in [0.2, 0.25) is 0 Å². The van der Waals surface area contributed by atoms with E-state index in [1.165, 1.54) is 5.70 Å². The first-order valence-corrected chi connectivity index (χ1v) is 5.13. The van der Waals surface area contributed by atoms with Crippen LogP contribution in [0.25, 0.3) is 0 Å². The minimum atomic E-state index is 0.281. The summed E-state index contributed by atoms with van der Waals surface area (Å²) in [6.07, 6.45) is 0. The standard InChI is InChI=1S/C11H22N2/c1-6-12-7-8-13(9-10(12)2)11(3,4)5/h2,6-9H2,1,3-5H3. The van der Waals surface area contributed by atoms with E-state index in [4.69, 9.17) is 0 Å². The maximum Gasteiger partial charge on any atom is 0.0383 e. The molecule has 0 aromatic heterocycles. The predicted molar refractivity (Wildman–Crippen MR) is 57.7 cm³/mol. The van der Waals surface area contributed by atoms with E-state index in [1.807, 2.05) is 0 Å². The fourth-order valence-corrected chi connectivity index (χ4v) is 1.75. The Balaban J connectivity index is 2.56. The van der Waals surface area contributed by atoms with Crippen LogP contribution in [0.3, 0.4) is 0 Å². The average molecular weight is 182 g/mol. The zero-order chi connectivity index (χ0) is 10.1. The Morgan fingerprint density at radius 1 is 1.31 bits per heavy atom. The van der Waals surface area contributed by atoms with E-state index in [0.29, 0.717) is 0 Å². The molecule has 1 saturated heterocycles. The molecule has 1 aliphatic heterocycles. The molecule has 2 heteroatoms. The summed E-state index contributed by atoms with van der Waals surface area (Å²) in [5.74, 6) is 0. The number of rotatable bonds is 1. The lowest BCUT2D eigenvalue weighted by Gasteiger charge is -2.43. The molecule has 1 rings (SSSR count). The highest BCUT2D eigenvalue weighted by molar-refractivity contribution is 5.02. The normalized spacial score (nSPS) is 20.9. The summed E-state index contributed by atoms with van der Waals surface area (Å²) in [7, 11) is 0. The summed E-state index contributed by atoms with van der Waals surface area (Å²) in [6, 6.07) is 0. The fourth-order valence-electron chi connectivity index (χ4n) is 1.75. The number of piperazine rings is 1. The molecule has 0 atom stereocenters. The van der Waals surface area contributed by atoms with Gasteiger partial charge in [0.1, 0.15) is 0 Å². The summed E-state index contributed by atoms with van der Waals surface area (Å²) >= 11 is 0. The summed E-state index contributed by atoms with van der Waals surface area (Å²) < 4.78 is 0. The Morgan fingerprint density at radius 2 is 1.92 bits per heavy atom. The van der Waals surface area contributed by atoms with Gasteiger partial charge in [-0.1, -0.05) is 6.58 Å². The van der Waals surface area contributed by atoms with Crippen LogP contribution in [-0.2, 0) is 0 Å². The minimum Gasteiger partial charge on any atom is -0.373 e. The Morgan fingerprint density at radius 3 is 2.31 bits per heavy atom. The summed E-state index contributed by atoms with van der Waals surface area (Å²) in [4.78, 5) is 4.85. The summed E-state index contributed by atoms with van der Waals surface area (Å²) in [5, 5.41) is 0. The molecule has 0 unspecified atom stereocenters. The molecule has 76 valence electrons. The highest BCUT2D eigenvalue weighted by Gasteiger charge is 2.26. The molecule has 1 fully saturated rings. The fraction of sp³-hybridized carbons (Fsp3) is 0.818. The van der Waals surface area contributed by atoms with Crippen LogP contribution in [0.15, 0.2) is 12.3 Å². The molecular formula is C11H22N2. The smallest absolute Gasteiger partial charge is 0.0383 e. The first-order chi connectivity index (χ1) is 5.95. The number of hydrogen-bond acceptors (Lipinski definition) is 2. The molecule has 1 heterocycles. The summed E-state index contributed by atoms with van der Waals surface area (Å²) in [6.45, 7) is 17.5.